The van der Waals surface area contributed by atoms with Gasteiger partial charge in [0.1, 0.15) is 0 Å². The highest BCUT2D eigenvalue weighted by Gasteiger charge is 2.02. The Morgan fingerprint density at radius 1 is 1.12 bits per heavy atom. The molecule has 2 heteroatoms. The monoisotopic (exact) mass is 212 g/mol. The lowest BCUT2D eigenvalue weighted by molar-refractivity contribution is 0.867. The van der Waals surface area contributed by atoms with Crippen molar-refractivity contribution in [2.45, 2.75) is 19.8 Å². The molecular weight excluding hydrogens is 196 g/mol. The van der Waals surface area contributed by atoms with Gasteiger partial charge >= 0.3 is 0 Å². The van der Waals surface area contributed by atoms with Crippen LogP contribution in [-0.4, -0.2) is 4.98 Å². The second-order valence-electron chi connectivity index (χ2n) is 4.26. The Labute approximate surface area is 96.1 Å². The lowest BCUT2D eigenvalue weighted by atomic mass is 9.99. The number of pyridine rings is 1. The summed E-state index contributed by atoms with van der Waals surface area (Å²) in [4.78, 5) is 4.32. The summed E-state index contributed by atoms with van der Waals surface area (Å²) in [6, 6.07) is 12.3. The SMILES string of the molecule is CC(C)c1cccc(-c2ccc(N)cn2)c1. The summed E-state index contributed by atoms with van der Waals surface area (Å²) in [5, 5.41) is 0. The predicted octanol–water partition coefficient (Wildman–Crippen LogP) is 3.45. The highest BCUT2D eigenvalue weighted by atomic mass is 14.7. The van der Waals surface area contributed by atoms with Crippen molar-refractivity contribution >= 4 is 5.69 Å². The Kier molecular flexibility index (Phi) is 2.91. The topological polar surface area (TPSA) is 38.9 Å². The van der Waals surface area contributed by atoms with Crippen LogP contribution in [0.2, 0.25) is 0 Å². The molecule has 16 heavy (non-hydrogen) atoms. The minimum Gasteiger partial charge on any atom is -0.397 e. The summed E-state index contributed by atoms with van der Waals surface area (Å²) >= 11 is 0. The molecule has 0 atom stereocenters. The maximum Gasteiger partial charge on any atom is 0.0703 e. The molecule has 0 spiro atoms. The summed E-state index contributed by atoms with van der Waals surface area (Å²) in [5.74, 6) is 0.536. The van der Waals surface area contributed by atoms with Crippen molar-refractivity contribution in [2.24, 2.45) is 0 Å². The van der Waals surface area contributed by atoms with Crippen LogP contribution in [0.3, 0.4) is 0 Å². The molecule has 2 N–H and O–H groups in total. The van der Waals surface area contributed by atoms with E-state index in [0.717, 1.165) is 11.3 Å². The summed E-state index contributed by atoms with van der Waals surface area (Å²) in [6.45, 7) is 4.38. The molecule has 0 aliphatic rings. The van der Waals surface area contributed by atoms with Gasteiger partial charge in [-0.15, -0.1) is 0 Å². The van der Waals surface area contributed by atoms with Gasteiger partial charge in [0.25, 0.3) is 0 Å². The van der Waals surface area contributed by atoms with E-state index in [2.05, 4.69) is 43.1 Å². The van der Waals surface area contributed by atoms with Gasteiger partial charge in [0.15, 0.2) is 0 Å². The lowest BCUT2D eigenvalue weighted by Gasteiger charge is -2.07. The van der Waals surface area contributed by atoms with Crippen molar-refractivity contribution in [1.29, 1.82) is 0 Å². The van der Waals surface area contributed by atoms with Crippen LogP contribution >= 0.6 is 0 Å². The lowest BCUT2D eigenvalue weighted by Crippen LogP contribution is -1.90. The van der Waals surface area contributed by atoms with Gasteiger partial charge in [-0.2, -0.15) is 0 Å². The summed E-state index contributed by atoms with van der Waals surface area (Å²) < 4.78 is 0. The van der Waals surface area contributed by atoms with Gasteiger partial charge in [0, 0.05) is 5.56 Å². The van der Waals surface area contributed by atoms with E-state index in [1.165, 1.54) is 5.56 Å². The Balaban J connectivity index is 2.40. The van der Waals surface area contributed by atoms with Crippen LogP contribution in [0, 0.1) is 0 Å². The number of nitrogen functional groups attached to an aromatic ring is 1. The molecule has 0 fully saturated rings. The molecule has 0 bridgehead atoms. The fraction of sp³-hybridized carbons (Fsp3) is 0.214. The molecule has 0 saturated heterocycles. The number of nitrogens with zero attached hydrogens (tertiary/aromatic N) is 1. The van der Waals surface area contributed by atoms with Gasteiger partial charge in [0.05, 0.1) is 17.6 Å². The van der Waals surface area contributed by atoms with Crippen molar-refractivity contribution in [3.63, 3.8) is 0 Å². The molecule has 1 aromatic carbocycles. The van der Waals surface area contributed by atoms with Crippen LogP contribution in [-0.2, 0) is 0 Å². The average molecular weight is 212 g/mol. The number of benzene rings is 1. The molecule has 1 aromatic heterocycles. The Morgan fingerprint density at radius 2 is 1.94 bits per heavy atom. The van der Waals surface area contributed by atoms with Crippen LogP contribution in [0.1, 0.15) is 25.3 Å². The van der Waals surface area contributed by atoms with Crippen molar-refractivity contribution in [1.82, 2.24) is 4.98 Å². The summed E-state index contributed by atoms with van der Waals surface area (Å²) in [7, 11) is 0. The van der Waals surface area contributed by atoms with E-state index in [4.69, 9.17) is 5.73 Å². The van der Waals surface area contributed by atoms with E-state index in [-0.39, 0.29) is 0 Å². The number of hydrogen-bond donors (Lipinski definition) is 1. The molecule has 0 aliphatic carbocycles. The standard InChI is InChI=1S/C14H16N2/c1-10(2)11-4-3-5-12(8-11)14-7-6-13(15)9-16-14/h3-10H,15H2,1-2H3. The van der Waals surface area contributed by atoms with Crippen LogP contribution in [0.15, 0.2) is 42.6 Å². The quantitative estimate of drug-likeness (QED) is 0.828. The van der Waals surface area contributed by atoms with E-state index in [1.54, 1.807) is 6.20 Å². The molecule has 1 heterocycles. The Bertz CT molecular complexity index is 472. The van der Waals surface area contributed by atoms with Gasteiger partial charge < -0.3 is 5.73 Å². The highest BCUT2D eigenvalue weighted by molar-refractivity contribution is 5.61. The van der Waals surface area contributed by atoms with Crippen LogP contribution in [0.5, 0.6) is 0 Å². The molecule has 0 aliphatic heterocycles. The summed E-state index contributed by atoms with van der Waals surface area (Å²) in [5.41, 5.74) is 9.76. The number of rotatable bonds is 2. The van der Waals surface area contributed by atoms with Crippen molar-refractivity contribution in [3.05, 3.63) is 48.2 Å². The Morgan fingerprint density at radius 3 is 2.56 bits per heavy atom. The van der Waals surface area contributed by atoms with Gasteiger partial charge in [-0.1, -0.05) is 32.0 Å². The molecular formula is C14H16N2. The zero-order valence-electron chi connectivity index (χ0n) is 9.64. The predicted molar refractivity (Wildman–Crippen MR) is 68.2 cm³/mol. The fourth-order valence-electron chi connectivity index (χ4n) is 1.63. The first-order valence-electron chi connectivity index (χ1n) is 5.48. The molecule has 2 nitrogen and oxygen atoms in total. The van der Waals surface area contributed by atoms with E-state index in [1.807, 2.05) is 12.1 Å². The van der Waals surface area contributed by atoms with Crippen molar-refractivity contribution < 1.29 is 0 Å². The van der Waals surface area contributed by atoms with Gasteiger partial charge in [-0.3, -0.25) is 4.98 Å². The maximum atomic E-state index is 5.62. The molecule has 2 rings (SSSR count). The summed E-state index contributed by atoms with van der Waals surface area (Å²) in [6.07, 6.45) is 1.69. The van der Waals surface area contributed by atoms with Gasteiger partial charge in [-0.25, -0.2) is 0 Å². The fourth-order valence-corrected chi connectivity index (χ4v) is 1.63. The van der Waals surface area contributed by atoms with Gasteiger partial charge in [0.2, 0.25) is 0 Å². The first kappa shape index (κ1) is 10.7. The molecule has 2 aromatic rings. The van der Waals surface area contributed by atoms with Crippen molar-refractivity contribution in [3.8, 4) is 11.3 Å². The van der Waals surface area contributed by atoms with E-state index < -0.39 is 0 Å². The second kappa shape index (κ2) is 4.35. The number of aromatic nitrogens is 1. The van der Waals surface area contributed by atoms with Crippen molar-refractivity contribution in [2.75, 3.05) is 5.73 Å². The Hall–Kier alpha value is -1.83. The minimum absolute atomic E-state index is 0.536. The third-order valence-corrected chi connectivity index (χ3v) is 2.64. The van der Waals surface area contributed by atoms with Crippen LogP contribution in [0.4, 0.5) is 5.69 Å². The van der Waals surface area contributed by atoms with Gasteiger partial charge in [-0.05, 0) is 29.7 Å². The first-order valence-corrected chi connectivity index (χ1v) is 5.48. The molecule has 0 saturated carbocycles. The molecule has 82 valence electrons. The minimum atomic E-state index is 0.536. The average Bonchev–Trinajstić information content (AvgIpc) is 2.30. The maximum absolute atomic E-state index is 5.62. The number of anilines is 1. The zero-order chi connectivity index (χ0) is 11.5. The molecule has 0 unspecified atom stereocenters. The number of nitrogens with two attached hydrogens (primary N) is 1. The van der Waals surface area contributed by atoms with E-state index in [9.17, 15) is 0 Å². The third kappa shape index (κ3) is 2.22. The molecule has 0 radical (unpaired) electrons. The smallest absolute Gasteiger partial charge is 0.0703 e. The van der Waals surface area contributed by atoms with Crippen LogP contribution < -0.4 is 5.73 Å². The second-order valence-corrected chi connectivity index (χ2v) is 4.26. The zero-order valence-corrected chi connectivity index (χ0v) is 9.64. The first-order chi connectivity index (χ1) is 7.66. The highest BCUT2D eigenvalue weighted by Crippen LogP contribution is 2.22. The van der Waals surface area contributed by atoms with E-state index >= 15 is 0 Å². The number of hydrogen-bond acceptors (Lipinski definition) is 2. The third-order valence-electron chi connectivity index (χ3n) is 2.64. The largest absolute Gasteiger partial charge is 0.397 e. The molecule has 0 amide bonds. The van der Waals surface area contributed by atoms with Crippen LogP contribution in [0.25, 0.3) is 11.3 Å². The normalized spacial score (nSPS) is 10.7. The van der Waals surface area contributed by atoms with E-state index in [0.29, 0.717) is 11.6 Å².